The van der Waals surface area contributed by atoms with Crippen LogP contribution in [-0.4, -0.2) is 31.7 Å². The number of hydrogen-bond acceptors (Lipinski definition) is 4. The van der Waals surface area contributed by atoms with Gasteiger partial charge >= 0.3 is 5.97 Å². The van der Waals surface area contributed by atoms with Crippen LogP contribution in [0.2, 0.25) is 0 Å². The Hall–Kier alpha value is -1.46. The fourth-order valence-electron chi connectivity index (χ4n) is 1.59. The Balaban J connectivity index is 3.07. The van der Waals surface area contributed by atoms with Gasteiger partial charge in [0.15, 0.2) is 5.82 Å². The summed E-state index contributed by atoms with van der Waals surface area (Å²) >= 11 is 0. The first-order valence-electron chi connectivity index (χ1n) is 4.64. The maximum Gasteiger partial charge on any atom is 0.317 e. The zero-order chi connectivity index (χ0) is 10.6. The van der Waals surface area contributed by atoms with Crippen LogP contribution in [0.25, 0.3) is 0 Å². The summed E-state index contributed by atoms with van der Waals surface area (Å²) in [5.41, 5.74) is -0.984. The van der Waals surface area contributed by atoms with E-state index in [1.807, 2.05) is 13.8 Å². The van der Waals surface area contributed by atoms with Crippen LogP contribution in [0.1, 0.15) is 38.9 Å². The van der Waals surface area contributed by atoms with Crippen LogP contribution in [0, 0.1) is 0 Å². The summed E-state index contributed by atoms with van der Waals surface area (Å²) in [5, 5.41) is 22.4. The maximum atomic E-state index is 11.2. The molecule has 78 valence electrons. The molecule has 0 saturated carbocycles. The van der Waals surface area contributed by atoms with Gasteiger partial charge in [-0.15, -0.1) is 10.2 Å². The van der Waals surface area contributed by atoms with Gasteiger partial charge in [0.25, 0.3) is 0 Å². The Kier molecular flexibility index (Phi) is 3.16. The lowest BCUT2D eigenvalue weighted by Crippen LogP contribution is -2.36. The van der Waals surface area contributed by atoms with Gasteiger partial charge in [0.05, 0.1) is 0 Å². The van der Waals surface area contributed by atoms with E-state index in [0.29, 0.717) is 12.8 Å². The van der Waals surface area contributed by atoms with E-state index in [9.17, 15) is 9.90 Å². The molecular weight excluding hydrogens is 184 g/mol. The average molecular weight is 198 g/mol. The van der Waals surface area contributed by atoms with Crippen molar-refractivity contribution in [3.8, 4) is 0 Å². The Labute approximate surface area is 81.7 Å². The smallest absolute Gasteiger partial charge is 0.317 e. The third kappa shape index (κ3) is 1.59. The zero-order valence-corrected chi connectivity index (χ0v) is 8.32. The molecule has 0 aliphatic heterocycles. The molecule has 0 bridgehead atoms. The van der Waals surface area contributed by atoms with Crippen molar-refractivity contribution >= 4 is 5.97 Å². The molecule has 0 saturated heterocycles. The normalized spacial score (nSPS) is 15.0. The lowest BCUT2D eigenvalue weighted by Gasteiger charge is -2.23. The molecule has 6 nitrogen and oxygen atoms in total. The van der Waals surface area contributed by atoms with E-state index in [0.717, 1.165) is 6.42 Å². The number of carboxylic acid groups (broad SMARTS) is 1. The second-order valence-corrected chi connectivity index (χ2v) is 3.23. The molecule has 1 rings (SSSR count). The number of tetrazole rings is 1. The van der Waals surface area contributed by atoms with Crippen molar-refractivity contribution in [1.82, 2.24) is 20.6 Å². The summed E-state index contributed by atoms with van der Waals surface area (Å²) in [5.74, 6) is -0.613. The van der Waals surface area contributed by atoms with Crippen LogP contribution >= 0.6 is 0 Å². The monoisotopic (exact) mass is 198 g/mol. The lowest BCUT2D eigenvalue weighted by atomic mass is 9.80. The molecule has 0 aliphatic carbocycles. The molecule has 0 fully saturated rings. The quantitative estimate of drug-likeness (QED) is 0.727. The molecule has 1 unspecified atom stereocenters. The first-order chi connectivity index (χ1) is 6.67. The molecule has 1 heterocycles. The molecular formula is C8H14N4O2. The van der Waals surface area contributed by atoms with Crippen LogP contribution in [-0.2, 0) is 10.2 Å². The number of hydrogen-bond donors (Lipinski definition) is 2. The van der Waals surface area contributed by atoms with E-state index in [-0.39, 0.29) is 5.82 Å². The summed E-state index contributed by atoms with van der Waals surface area (Å²) in [7, 11) is 0. The van der Waals surface area contributed by atoms with Crippen molar-refractivity contribution in [2.75, 3.05) is 0 Å². The van der Waals surface area contributed by atoms with Crippen molar-refractivity contribution in [2.45, 2.75) is 38.5 Å². The van der Waals surface area contributed by atoms with Gasteiger partial charge in [0.1, 0.15) is 5.41 Å². The lowest BCUT2D eigenvalue weighted by molar-refractivity contribution is -0.144. The van der Waals surface area contributed by atoms with Crippen LogP contribution in [0.3, 0.4) is 0 Å². The van der Waals surface area contributed by atoms with Crippen LogP contribution in [0.15, 0.2) is 0 Å². The number of carbonyl (C=O) groups is 1. The van der Waals surface area contributed by atoms with Crippen molar-refractivity contribution in [3.63, 3.8) is 0 Å². The molecule has 14 heavy (non-hydrogen) atoms. The second kappa shape index (κ2) is 4.17. The summed E-state index contributed by atoms with van der Waals surface area (Å²) < 4.78 is 0. The molecule has 0 amide bonds. The second-order valence-electron chi connectivity index (χ2n) is 3.23. The van der Waals surface area contributed by atoms with Gasteiger partial charge < -0.3 is 5.11 Å². The first kappa shape index (κ1) is 10.6. The van der Waals surface area contributed by atoms with Gasteiger partial charge in [0, 0.05) is 0 Å². The van der Waals surface area contributed by atoms with Gasteiger partial charge in [-0.2, -0.15) is 5.21 Å². The number of nitrogens with zero attached hydrogens (tertiary/aromatic N) is 3. The summed E-state index contributed by atoms with van der Waals surface area (Å²) in [4.78, 5) is 11.2. The molecule has 1 aromatic rings. The zero-order valence-electron chi connectivity index (χ0n) is 8.32. The summed E-state index contributed by atoms with van der Waals surface area (Å²) in [6, 6.07) is 0. The molecule has 0 spiro atoms. The van der Waals surface area contributed by atoms with E-state index >= 15 is 0 Å². The van der Waals surface area contributed by atoms with E-state index in [2.05, 4.69) is 20.6 Å². The molecule has 2 N–H and O–H groups in total. The van der Waals surface area contributed by atoms with Crippen molar-refractivity contribution in [1.29, 1.82) is 0 Å². The van der Waals surface area contributed by atoms with Gasteiger partial charge in [-0.3, -0.25) is 4.79 Å². The van der Waals surface area contributed by atoms with E-state index in [4.69, 9.17) is 0 Å². The minimum atomic E-state index is -0.984. The number of rotatable bonds is 5. The highest BCUT2D eigenvalue weighted by molar-refractivity contribution is 5.79. The largest absolute Gasteiger partial charge is 0.480 e. The number of carboxylic acids is 1. The van der Waals surface area contributed by atoms with E-state index < -0.39 is 11.4 Å². The highest BCUT2D eigenvalue weighted by atomic mass is 16.4. The van der Waals surface area contributed by atoms with E-state index in [1.165, 1.54) is 0 Å². The Morgan fingerprint density at radius 1 is 1.57 bits per heavy atom. The number of H-pyrrole nitrogens is 1. The topological polar surface area (TPSA) is 91.8 Å². The highest BCUT2D eigenvalue weighted by Crippen LogP contribution is 2.30. The van der Waals surface area contributed by atoms with Crippen LogP contribution in [0.4, 0.5) is 0 Å². The standard InChI is InChI=1S/C8H14N4O2/c1-3-5-8(4-2,7(13)14)6-9-11-12-10-6/h3-5H2,1-2H3,(H,13,14)(H,9,10,11,12). The molecule has 0 aliphatic rings. The number of aromatic nitrogens is 4. The average Bonchev–Trinajstić information content (AvgIpc) is 2.66. The van der Waals surface area contributed by atoms with Crippen LogP contribution in [0.5, 0.6) is 0 Å². The predicted molar refractivity (Wildman–Crippen MR) is 48.7 cm³/mol. The first-order valence-corrected chi connectivity index (χ1v) is 4.64. The van der Waals surface area contributed by atoms with Crippen LogP contribution < -0.4 is 0 Å². The third-order valence-corrected chi connectivity index (χ3v) is 2.46. The van der Waals surface area contributed by atoms with Crippen molar-refractivity contribution in [3.05, 3.63) is 5.82 Å². The number of aliphatic carboxylic acids is 1. The number of aromatic amines is 1. The fourth-order valence-corrected chi connectivity index (χ4v) is 1.59. The molecule has 1 aromatic heterocycles. The Morgan fingerprint density at radius 3 is 2.64 bits per heavy atom. The molecule has 6 heteroatoms. The van der Waals surface area contributed by atoms with Gasteiger partial charge in [-0.25, -0.2) is 0 Å². The van der Waals surface area contributed by atoms with E-state index in [1.54, 1.807) is 0 Å². The van der Waals surface area contributed by atoms with Gasteiger partial charge in [-0.05, 0) is 12.8 Å². The molecule has 0 radical (unpaired) electrons. The predicted octanol–water partition coefficient (Wildman–Crippen LogP) is 0.732. The van der Waals surface area contributed by atoms with Gasteiger partial charge in [-0.1, -0.05) is 25.5 Å². The summed E-state index contributed by atoms with van der Waals surface area (Å²) in [6.45, 7) is 3.76. The minimum Gasteiger partial charge on any atom is -0.480 e. The van der Waals surface area contributed by atoms with Crippen molar-refractivity contribution in [2.24, 2.45) is 0 Å². The number of nitrogens with one attached hydrogen (secondary N) is 1. The SMILES string of the molecule is CCCC(CC)(C(=O)O)c1nn[nH]n1. The fraction of sp³-hybridized carbons (Fsp3) is 0.750. The van der Waals surface area contributed by atoms with Crippen molar-refractivity contribution < 1.29 is 9.90 Å². The van der Waals surface area contributed by atoms with Gasteiger partial charge in [0.2, 0.25) is 0 Å². The minimum absolute atomic E-state index is 0.273. The highest BCUT2D eigenvalue weighted by Gasteiger charge is 2.41. The Bertz CT molecular complexity index is 298. The molecule has 0 aromatic carbocycles. The third-order valence-electron chi connectivity index (χ3n) is 2.46. The summed E-state index contributed by atoms with van der Waals surface area (Å²) in [6.07, 6.45) is 1.77. The molecule has 1 atom stereocenters. The maximum absolute atomic E-state index is 11.2. The Morgan fingerprint density at radius 2 is 2.29 bits per heavy atom.